The molecule has 2 fully saturated rings. The number of benzene rings is 1. The second kappa shape index (κ2) is 12.7. The molecule has 0 N–H and O–H groups in total. The fourth-order valence-corrected chi connectivity index (χ4v) is 6.40. The van der Waals surface area contributed by atoms with Gasteiger partial charge in [-0.05, 0) is 36.1 Å². The van der Waals surface area contributed by atoms with Crippen LogP contribution in [0.25, 0.3) is 0 Å². The van der Waals surface area contributed by atoms with Gasteiger partial charge in [-0.2, -0.15) is 0 Å². The summed E-state index contributed by atoms with van der Waals surface area (Å²) in [5.74, 6) is 3.78. The molecule has 3 aliphatic rings. The van der Waals surface area contributed by atoms with E-state index in [2.05, 4.69) is 20.4 Å². The lowest BCUT2D eigenvalue weighted by Gasteiger charge is -2.43. The van der Waals surface area contributed by atoms with Gasteiger partial charge in [0.15, 0.2) is 11.5 Å². The van der Waals surface area contributed by atoms with Crippen LogP contribution in [0, 0.1) is 0 Å². The van der Waals surface area contributed by atoms with E-state index in [0.717, 1.165) is 48.8 Å². The van der Waals surface area contributed by atoms with Gasteiger partial charge in [0.1, 0.15) is 0 Å². The van der Waals surface area contributed by atoms with Crippen LogP contribution in [0.2, 0.25) is 0 Å². The second-order valence-electron chi connectivity index (χ2n) is 8.80. The lowest BCUT2D eigenvalue weighted by molar-refractivity contribution is -0.141. The predicted molar refractivity (Wildman–Crippen MR) is 134 cm³/mol. The number of thioether (sulfide) groups is 1. The van der Waals surface area contributed by atoms with Crippen LogP contribution in [-0.4, -0.2) is 50.5 Å². The normalized spacial score (nSPS) is 20.7. The van der Waals surface area contributed by atoms with Crippen molar-refractivity contribution in [2.45, 2.75) is 75.8 Å². The van der Waals surface area contributed by atoms with E-state index < -0.39 is 10.8 Å². The fraction of sp³-hybridized carbons (Fsp3) is 0.640. The highest BCUT2D eigenvalue weighted by atomic mass is 32.2. The number of rotatable bonds is 10. The summed E-state index contributed by atoms with van der Waals surface area (Å²) >= 11 is 1.83. The topological polar surface area (TPSA) is 55.8 Å². The van der Waals surface area contributed by atoms with Crippen LogP contribution in [0.3, 0.4) is 0 Å². The number of β-lactam (4-membered cyclic amide) rings is 1. The molecule has 0 aliphatic carbocycles. The summed E-state index contributed by atoms with van der Waals surface area (Å²) < 4.78 is 23.0. The van der Waals surface area contributed by atoms with E-state index in [1.807, 2.05) is 34.9 Å². The Balaban J connectivity index is 0.000000238. The molecule has 2 unspecified atom stereocenters. The average molecular weight is 480 g/mol. The lowest BCUT2D eigenvalue weighted by Crippen LogP contribution is -2.53. The molecule has 178 valence electrons. The molecule has 1 amide bonds. The Labute approximate surface area is 199 Å². The van der Waals surface area contributed by atoms with Crippen LogP contribution >= 0.6 is 11.8 Å². The van der Waals surface area contributed by atoms with Gasteiger partial charge < -0.3 is 14.4 Å². The Morgan fingerprint density at radius 2 is 1.94 bits per heavy atom. The molecule has 2 saturated heterocycles. The van der Waals surface area contributed by atoms with Crippen molar-refractivity contribution in [3.63, 3.8) is 0 Å². The third-order valence-corrected chi connectivity index (χ3v) is 9.14. The Morgan fingerprint density at radius 3 is 2.69 bits per heavy atom. The van der Waals surface area contributed by atoms with Crippen LogP contribution in [0.4, 0.5) is 0 Å². The van der Waals surface area contributed by atoms with Gasteiger partial charge in [-0.15, -0.1) is 11.8 Å². The average Bonchev–Trinajstić information content (AvgIpc) is 3.25. The van der Waals surface area contributed by atoms with E-state index in [1.165, 1.54) is 43.2 Å². The maximum atomic E-state index is 12.3. The van der Waals surface area contributed by atoms with E-state index in [9.17, 15) is 9.00 Å². The highest BCUT2D eigenvalue weighted by molar-refractivity contribution is 8.00. The van der Waals surface area contributed by atoms with Crippen molar-refractivity contribution < 1.29 is 18.5 Å². The van der Waals surface area contributed by atoms with Crippen molar-refractivity contribution in [3.05, 3.63) is 35.9 Å². The Bertz CT molecular complexity index is 807. The number of hydrogen-bond donors (Lipinski definition) is 0. The van der Waals surface area contributed by atoms with Gasteiger partial charge in [0.25, 0.3) is 0 Å². The van der Waals surface area contributed by atoms with E-state index >= 15 is 0 Å². The number of nitrogens with zero attached hydrogens (tertiary/aromatic N) is 1. The highest BCUT2D eigenvalue weighted by Gasteiger charge is 2.38. The maximum Gasteiger partial charge on any atom is 0.231 e. The zero-order valence-corrected chi connectivity index (χ0v) is 21.1. The van der Waals surface area contributed by atoms with Gasteiger partial charge in [0.05, 0.1) is 11.8 Å². The minimum atomic E-state index is -0.743. The molecule has 3 heterocycles. The molecule has 32 heavy (non-hydrogen) atoms. The van der Waals surface area contributed by atoms with Gasteiger partial charge in [-0.25, -0.2) is 0 Å². The maximum absolute atomic E-state index is 12.3. The molecule has 0 bridgehead atoms. The summed E-state index contributed by atoms with van der Waals surface area (Å²) in [6.45, 7) is 9.27. The van der Waals surface area contributed by atoms with Crippen molar-refractivity contribution >= 4 is 28.5 Å². The number of amides is 1. The number of hydrogen-bond acceptors (Lipinski definition) is 5. The third-order valence-electron chi connectivity index (χ3n) is 6.00. The second-order valence-corrected chi connectivity index (χ2v) is 11.9. The molecule has 0 spiro atoms. The number of unbranched alkanes of at least 4 members (excludes halogenated alkanes) is 5. The molecule has 0 radical (unpaired) electrons. The summed E-state index contributed by atoms with van der Waals surface area (Å²) in [6.07, 6.45) is 9.07. The van der Waals surface area contributed by atoms with Gasteiger partial charge >= 0.3 is 0 Å². The molecular weight excluding hydrogens is 442 g/mol. The highest BCUT2D eigenvalue weighted by Crippen LogP contribution is 2.35. The van der Waals surface area contributed by atoms with E-state index in [4.69, 9.17) is 9.47 Å². The van der Waals surface area contributed by atoms with Gasteiger partial charge in [0, 0.05) is 34.1 Å². The molecule has 1 aromatic carbocycles. The van der Waals surface area contributed by atoms with Crippen LogP contribution in [0.15, 0.2) is 30.4 Å². The minimum absolute atomic E-state index is 0.191. The molecule has 7 heteroatoms. The molecule has 0 saturated carbocycles. The molecular formula is C25H37NO4S2. The van der Waals surface area contributed by atoms with Crippen molar-refractivity contribution in [1.82, 2.24) is 4.90 Å². The molecule has 3 atom stereocenters. The largest absolute Gasteiger partial charge is 0.454 e. The number of carbonyl (C=O) groups excluding carboxylic acids is 1. The first-order chi connectivity index (χ1) is 15.5. The zero-order valence-electron chi connectivity index (χ0n) is 19.5. The predicted octanol–water partition coefficient (Wildman–Crippen LogP) is 5.30. The number of carbonyl (C=O) groups is 1. The first kappa shape index (κ1) is 25.2. The van der Waals surface area contributed by atoms with Crippen LogP contribution in [0.1, 0.15) is 64.4 Å². The molecule has 4 rings (SSSR count). The summed E-state index contributed by atoms with van der Waals surface area (Å²) in [5, 5.41) is 0.675. The van der Waals surface area contributed by atoms with Gasteiger partial charge in [-0.1, -0.05) is 58.6 Å². The third kappa shape index (κ3) is 7.27. The summed E-state index contributed by atoms with van der Waals surface area (Å²) in [4.78, 5) is 12.8. The Morgan fingerprint density at radius 1 is 1.19 bits per heavy atom. The molecule has 3 aliphatic heterocycles. The van der Waals surface area contributed by atoms with E-state index in [0.29, 0.717) is 18.1 Å². The van der Waals surface area contributed by atoms with Gasteiger partial charge in [0.2, 0.25) is 12.7 Å². The first-order valence-corrected chi connectivity index (χ1v) is 14.2. The zero-order chi connectivity index (χ0) is 22.9. The van der Waals surface area contributed by atoms with E-state index in [1.54, 1.807) is 0 Å². The summed E-state index contributed by atoms with van der Waals surface area (Å²) in [6, 6.07) is 6.01. The Kier molecular flexibility index (Phi) is 9.97. The monoisotopic (exact) mass is 479 g/mol. The summed E-state index contributed by atoms with van der Waals surface area (Å²) in [5.41, 5.74) is 2.35. The van der Waals surface area contributed by atoms with Crippen molar-refractivity contribution in [2.24, 2.45) is 0 Å². The quantitative estimate of drug-likeness (QED) is 0.259. The molecule has 5 nitrogen and oxygen atoms in total. The van der Waals surface area contributed by atoms with Crippen LogP contribution in [-0.2, 0) is 22.0 Å². The smallest absolute Gasteiger partial charge is 0.231 e. The fourth-order valence-electron chi connectivity index (χ4n) is 3.98. The van der Waals surface area contributed by atoms with Crippen molar-refractivity contribution in [3.8, 4) is 11.5 Å². The number of ether oxygens (including phenoxy) is 2. The van der Waals surface area contributed by atoms with Crippen molar-refractivity contribution in [2.75, 3.05) is 24.8 Å². The summed E-state index contributed by atoms with van der Waals surface area (Å²) in [7, 11) is -0.743. The SMILES string of the molecule is C=C1CS[C@@H]2CC(=O)N2C1.CCCCCCCCS(=O)C(C)Cc1ccc2c(c1)OCO2. The molecule has 0 aromatic heterocycles. The van der Waals surface area contributed by atoms with E-state index in [-0.39, 0.29) is 5.25 Å². The Hall–Kier alpha value is -1.47. The standard InChI is InChI=1S/C18H28O3S.C7H9NOS/c1-3-4-5-6-7-8-11-22(19)15(2)12-16-9-10-17-18(13-16)21-14-20-17;1-5-3-8-6(9)2-7(8)10-4-5/h9-10,13,15H,3-8,11-12,14H2,1-2H3;7H,1-4H2/t;7-/m.1/s1. The first-order valence-electron chi connectivity index (χ1n) is 11.8. The van der Waals surface area contributed by atoms with Crippen molar-refractivity contribution in [1.29, 1.82) is 0 Å². The number of fused-ring (bicyclic) bond motifs is 2. The van der Waals surface area contributed by atoms with Crippen LogP contribution in [0.5, 0.6) is 11.5 Å². The van der Waals surface area contributed by atoms with Crippen LogP contribution < -0.4 is 9.47 Å². The molecule has 1 aromatic rings. The lowest BCUT2D eigenvalue weighted by atomic mass is 10.1. The minimum Gasteiger partial charge on any atom is -0.454 e. The van der Waals surface area contributed by atoms with Gasteiger partial charge in [-0.3, -0.25) is 9.00 Å².